The van der Waals surface area contributed by atoms with E-state index < -0.39 is 5.97 Å². The number of amides is 1. The van der Waals surface area contributed by atoms with Crippen molar-refractivity contribution in [2.24, 2.45) is 0 Å². The Hall–Kier alpha value is -1.63. The van der Waals surface area contributed by atoms with E-state index in [-0.39, 0.29) is 18.9 Å². The largest absolute Gasteiger partial charge is 0.481 e. The van der Waals surface area contributed by atoms with Crippen LogP contribution in [0.4, 0.5) is 5.13 Å². The molecular formula is C11H17N3O3S. The zero-order valence-corrected chi connectivity index (χ0v) is 11.0. The van der Waals surface area contributed by atoms with Crippen molar-refractivity contribution in [2.75, 3.05) is 18.4 Å². The highest BCUT2D eigenvalue weighted by Gasteiger charge is 2.10. The SMILES string of the molecule is CCCCNc1nc(C(=O)NCCC(=O)O)cs1. The van der Waals surface area contributed by atoms with Gasteiger partial charge >= 0.3 is 5.97 Å². The second kappa shape index (κ2) is 7.65. The van der Waals surface area contributed by atoms with E-state index in [4.69, 9.17) is 5.11 Å². The molecule has 1 aromatic rings. The summed E-state index contributed by atoms with van der Waals surface area (Å²) in [5.74, 6) is -1.27. The summed E-state index contributed by atoms with van der Waals surface area (Å²) < 4.78 is 0. The smallest absolute Gasteiger partial charge is 0.305 e. The van der Waals surface area contributed by atoms with Crippen molar-refractivity contribution in [3.05, 3.63) is 11.1 Å². The van der Waals surface area contributed by atoms with E-state index in [2.05, 4.69) is 22.5 Å². The fourth-order valence-corrected chi connectivity index (χ4v) is 1.92. The van der Waals surface area contributed by atoms with Crippen molar-refractivity contribution in [1.82, 2.24) is 10.3 Å². The van der Waals surface area contributed by atoms with Crippen LogP contribution in [-0.2, 0) is 4.79 Å². The number of nitrogens with one attached hydrogen (secondary N) is 2. The Kier molecular flexibility index (Phi) is 6.13. The lowest BCUT2D eigenvalue weighted by molar-refractivity contribution is -0.136. The second-order valence-electron chi connectivity index (χ2n) is 3.72. The van der Waals surface area contributed by atoms with E-state index in [0.717, 1.165) is 19.4 Å². The lowest BCUT2D eigenvalue weighted by atomic mass is 10.3. The maximum absolute atomic E-state index is 11.6. The number of unbranched alkanes of at least 4 members (excludes halogenated alkanes) is 1. The van der Waals surface area contributed by atoms with Gasteiger partial charge < -0.3 is 15.7 Å². The second-order valence-corrected chi connectivity index (χ2v) is 4.58. The molecule has 0 saturated heterocycles. The predicted octanol–water partition coefficient (Wildman–Crippen LogP) is 1.56. The third-order valence-corrected chi connectivity index (χ3v) is 2.97. The molecule has 0 aliphatic carbocycles. The average molecular weight is 271 g/mol. The molecule has 0 aliphatic rings. The number of aromatic nitrogens is 1. The van der Waals surface area contributed by atoms with Crippen LogP contribution < -0.4 is 10.6 Å². The summed E-state index contributed by atoms with van der Waals surface area (Å²) in [6.07, 6.45) is 2.07. The number of aliphatic carboxylic acids is 1. The van der Waals surface area contributed by atoms with Gasteiger partial charge in [-0.1, -0.05) is 13.3 Å². The van der Waals surface area contributed by atoms with E-state index in [1.165, 1.54) is 11.3 Å². The first-order chi connectivity index (χ1) is 8.63. The van der Waals surface area contributed by atoms with Crippen molar-refractivity contribution < 1.29 is 14.7 Å². The van der Waals surface area contributed by atoms with Crippen LogP contribution in [0.3, 0.4) is 0 Å². The summed E-state index contributed by atoms with van der Waals surface area (Å²) in [5.41, 5.74) is 0.324. The first-order valence-corrected chi connectivity index (χ1v) is 6.70. The van der Waals surface area contributed by atoms with Crippen LogP contribution in [-0.4, -0.2) is 35.1 Å². The van der Waals surface area contributed by atoms with Gasteiger partial charge in [0.1, 0.15) is 5.69 Å². The Labute approximate surface area is 109 Å². The zero-order chi connectivity index (χ0) is 13.4. The van der Waals surface area contributed by atoms with Crippen molar-refractivity contribution in [1.29, 1.82) is 0 Å². The molecule has 1 aromatic heterocycles. The Morgan fingerprint density at radius 1 is 1.44 bits per heavy atom. The monoisotopic (exact) mass is 271 g/mol. The molecule has 0 aliphatic heterocycles. The minimum atomic E-state index is -0.935. The van der Waals surface area contributed by atoms with Crippen LogP contribution >= 0.6 is 11.3 Å². The molecule has 7 heteroatoms. The van der Waals surface area contributed by atoms with E-state index >= 15 is 0 Å². The maximum atomic E-state index is 11.6. The summed E-state index contributed by atoms with van der Waals surface area (Å²) in [6.45, 7) is 3.05. The molecular weight excluding hydrogens is 254 g/mol. The van der Waals surface area contributed by atoms with E-state index in [1.807, 2.05) is 0 Å². The molecule has 0 fully saturated rings. The molecule has 1 amide bonds. The Bertz CT molecular complexity index is 406. The highest BCUT2D eigenvalue weighted by atomic mass is 32.1. The number of carboxylic acids is 1. The first kappa shape index (κ1) is 14.4. The van der Waals surface area contributed by atoms with Crippen LogP contribution in [0, 0.1) is 0 Å². The summed E-state index contributed by atoms with van der Waals surface area (Å²) in [6, 6.07) is 0. The van der Waals surface area contributed by atoms with Crippen LogP contribution in [0.1, 0.15) is 36.7 Å². The molecule has 0 saturated carbocycles. The fourth-order valence-electron chi connectivity index (χ4n) is 1.20. The normalized spacial score (nSPS) is 10.1. The molecule has 0 spiro atoms. The number of anilines is 1. The van der Waals surface area contributed by atoms with Crippen molar-refractivity contribution in [3.8, 4) is 0 Å². The van der Waals surface area contributed by atoms with Gasteiger partial charge in [0.25, 0.3) is 5.91 Å². The Balaban J connectivity index is 2.36. The summed E-state index contributed by atoms with van der Waals surface area (Å²) >= 11 is 1.37. The van der Waals surface area contributed by atoms with E-state index in [9.17, 15) is 9.59 Å². The number of carboxylic acid groups (broad SMARTS) is 1. The van der Waals surface area contributed by atoms with Crippen molar-refractivity contribution in [2.45, 2.75) is 26.2 Å². The molecule has 3 N–H and O–H groups in total. The van der Waals surface area contributed by atoms with Gasteiger partial charge in [0.2, 0.25) is 0 Å². The third-order valence-electron chi connectivity index (χ3n) is 2.17. The van der Waals surface area contributed by atoms with Gasteiger partial charge in [-0.15, -0.1) is 11.3 Å². The Morgan fingerprint density at radius 2 is 2.22 bits per heavy atom. The number of carbonyl (C=O) groups is 2. The van der Waals surface area contributed by atoms with Crippen LogP contribution in [0.2, 0.25) is 0 Å². The van der Waals surface area contributed by atoms with Gasteiger partial charge in [-0.25, -0.2) is 4.98 Å². The first-order valence-electron chi connectivity index (χ1n) is 5.83. The highest BCUT2D eigenvalue weighted by molar-refractivity contribution is 7.13. The van der Waals surface area contributed by atoms with Gasteiger partial charge in [-0.05, 0) is 6.42 Å². The lowest BCUT2D eigenvalue weighted by Gasteiger charge is -2.01. The van der Waals surface area contributed by atoms with Crippen LogP contribution in [0.5, 0.6) is 0 Å². The van der Waals surface area contributed by atoms with Gasteiger partial charge in [0.15, 0.2) is 5.13 Å². The third kappa shape index (κ3) is 5.13. The maximum Gasteiger partial charge on any atom is 0.305 e. The Morgan fingerprint density at radius 3 is 2.89 bits per heavy atom. The number of thiazole rings is 1. The lowest BCUT2D eigenvalue weighted by Crippen LogP contribution is -2.26. The summed E-state index contributed by atoms with van der Waals surface area (Å²) in [4.78, 5) is 26.0. The molecule has 1 rings (SSSR count). The van der Waals surface area contributed by atoms with Crippen LogP contribution in [0.25, 0.3) is 0 Å². The highest BCUT2D eigenvalue weighted by Crippen LogP contribution is 2.15. The molecule has 0 radical (unpaired) electrons. The minimum absolute atomic E-state index is 0.0858. The molecule has 1 heterocycles. The molecule has 0 aromatic carbocycles. The minimum Gasteiger partial charge on any atom is -0.481 e. The van der Waals surface area contributed by atoms with E-state index in [0.29, 0.717) is 10.8 Å². The molecule has 0 unspecified atom stereocenters. The van der Waals surface area contributed by atoms with Gasteiger partial charge in [0, 0.05) is 18.5 Å². The number of carbonyl (C=O) groups excluding carboxylic acids is 1. The van der Waals surface area contributed by atoms with Crippen LogP contribution in [0.15, 0.2) is 5.38 Å². The number of nitrogens with zero attached hydrogens (tertiary/aromatic N) is 1. The zero-order valence-electron chi connectivity index (χ0n) is 10.2. The van der Waals surface area contributed by atoms with Gasteiger partial charge in [-0.3, -0.25) is 9.59 Å². The standard InChI is InChI=1S/C11H17N3O3S/c1-2-3-5-13-11-14-8(7-18-11)10(17)12-6-4-9(15)16/h7H,2-6H2,1H3,(H,12,17)(H,13,14)(H,15,16). The molecule has 18 heavy (non-hydrogen) atoms. The molecule has 0 atom stereocenters. The predicted molar refractivity (Wildman–Crippen MR) is 70.1 cm³/mol. The number of hydrogen-bond acceptors (Lipinski definition) is 5. The number of hydrogen-bond donors (Lipinski definition) is 3. The molecule has 0 bridgehead atoms. The van der Waals surface area contributed by atoms with Crippen molar-refractivity contribution >= 4 is 28.3 Å². The van der Waals surface area contributed by atoms with Gasteiger partial charge in [-0.2, -0.15) is 0 Å². The quantitative estimate of drug-likeness (QED) is 0.624. The molecule has 100 valence electrons. The fraction of sp³-hybridized carbons (Fsp3) is 0.545. The summed E-state index contributed by atoms with van der Waals surface area (Å²) in [7, 11) is 0. The molecule has 6 nitrogen and oxygen atoms in total. The topological polar surface area (TPSA) is 91.3 Å². The van der Waals surface area contributed by atoms with Crippen molar-refractivity contribution in [3.63, 3.8) is 0 Å². The summed E-state index contributed by atoms with van der Waals surface area (Å²) in [5, 5.41) is 16.5. The average Bonchev–Trinajstić information content (AvgIpc) is 2.77. The number of rotatable bonds is 8. The van der Waals surface area contributed by atoms with Gasteiger partial charge in [0.05, 0.1) is 6.42 Å². The van der Waals surface area contributed by atoms with E-state index in [1.54, 1.807) is 5.38 Å².